The molecule has 142 valence electrons. The van der Waals surface area contributed by atoms with E-state index in [1.165, 1.54) is 0 Å². The number of para-hydroxylation sites is 1. The molecule has 3 aromatic rings. The van der Waals surface area contributed by atoms with E-state index < -0.39 is 0 Å². The first-order chi connectivity index (χ1) is 13.5. The quantitative estimate of drug-likeness (QED) is 0.693. The number of nitrogens with one attached hydrogen (secondary N) is 2. The number of hydrogen-bond acceptors (Lipinski definition) is 3. The average molecular weight is 374 g/mol. The molecule has 0 spiro atoms. The minimum Gasteiger partial charge on any atom is -0.326 e. The highest BCUT2D eigenvalue weighted by molar-refractivity contribution is 5.91. The van der Waals surface area contributed by atoms with Gasteiger partial charge in [-0.15, -0.1) is 0 Å². The molecule has 2 N–H and O–H groups in total. The molecule has 28 heavy (non-hydrogen) atoms. The standard InChI is InChI=1S/C22H23N5O/c1-16-21(17(2)27(25-16)20-7-5-4-6-8-20)14-26(3)15-22(28)24-19-11-9-18(13-23)10-12-19/h4-12H,14-15H2,1-3H3,(H,24,28)/p+1. The van der Waals surface area contributed by atoms with Crippen LogP contribution >= 0.6 is 0 Å². The van der Waals surface area contributed by atoms with Gasteiger partial charge < -0.3 is 10.2 Å². The summed E-state index contributed by atoms with van der Waals surface area (Å²) in [6.07, 6.45) is 0. The minimum atomic E-state index is -0.0621. The van der Waals surface area contributed by atoms with Gasteiger partial charge in [0, 0.05) is 5.69 Å². The number of quaternary nitrogens is 1. The molecule has 1 amide bonds. The Morgan fingerprint density at radius 3 is 2.46 bits per heavy atom. The molecule has 1 aromatic heterocycles. The third-order valence-corrected chi connectivity index (χ3v) is 4.68. The van der Waals surface area contributed by atoms with Crippen LogP contribution < -0.4 is 10.2 Å². The second kappa shape index (κ2) is 8.51. The zero-order chi connectivity index (χ0) is 20.1. The monoisotopic (exact) mass is 374 g/mol. The van der Waals surface area contributed by atoms with Crippen molar-refractivity contribution >= 4 is 11.6 Å². The van der Waals surface area contributed by atoms with Gasteiger partial charge in [-0.05, 0) is 50.2 Å². The van der Waals surface area contributed by atoms with E-state index in [1.54, 1.807) is 24.3 Å². The summed E-state index contributed by atoms with van der Waals surface area (Å²) in [6, 6.07) is 19.0. The smallest absolute Gasteiger partial charge is 0.279 e. The van der Waals surface area contributed by atoms with Gasteiger partial charge in [-0.2, -0.15) is 10.4 Å². The Labute approximate surface area is 165 Å². The second-order valence-corrected chi connectivity index (χ2v) is 6.94. The van der Waals surface area contributed by atoms with Crippen LogP contribution in [-0.4, -0.2) is 29.3 Å². The van der Waals surface area contributed by atoms with Crippen molar-refractivity contribution in [1.82, 2.24) is 9.78 Å². The molecule has 0 bridgehead atoms. The number of rotatable bonds is 6. The van der Waals surface area contributed by atoms with Crippen LogP contribution in [0.5, 0.6) is 0 Å². The van der Waals surface area contributed by atoms with Gasteiger partial charge in [-0.3, -0.25) is 4.79 Å². The molecule has 0 radical (unpaired) electrons. The van der Waals surface area contributed by atoms with E-state index in [0.717, 1.165) is 27.5 Å². The van der Waals surface area contributed by atoms with Crippen molar-refractivity contribution in [2.45, 2.75) is 20.4 Å². The number of amides is 1. The van der Waals surface area contributed by atoms with E-state index in [0.29, 0.717) is 24.3 Å². The first-order valence-corrected chi connectivity index (χ1v) is 9.19. The molecule has 0 aliphatic carbocycles. The predicted octanol–water partition coefficient (Wildman–Crippen LogP) is 2.01. The minimum absolute atomic E-state index is 0.0621. The molecule has 0 fully saturated rings. The number of aromatic nitrogens is 2. The molecule has 3 rings (SSSR count). The summed E-state index contributed by atoms with van der Waals surface area (Å²) < 4.78 is 1.95. The van der Waals surface area contributed by atoms with Crippen molar-refractivity contribution < 1.29 is 9.69 Å². The maximum atomic E-state index is 12.3. The Morgan fingerprint density at radius 1 is 1.14 bits per heavy atom. The maximum absolute atomic E-state index is 12.3. The number of benzene rings is 2. The van der Waals surface area contributed by atoms with Gasteiger partial charge in [0.1, 0.15) is 6.54 Å². The molecule has 1 heterocycles. The Hall–Kier alpha value is -3.43. The SMILES string of the molecule is Cc1nn(-c2ccccc2)c(C)c1C[NH+](C)CC(=O)Nc1ccc(C#N)cc1. The van der Waals surface area contributed by atoms with E-state index in [-0.39, 0.29) is 5.91 Å². The number of nitriles is 1. The molecule has 0 saturated carbocycles. The van der Waals surface area contributed by atoms with Crippen LogP contribution in [-0.2, 0) is 11.3 Å². The summed E-state index contributed by atoms with van der Waals surface area (Å²) in [4.78, 5) is 13.4. The maximum Gasteiger partial charge on any atom is 0.279 e. The Morgan fingerprint density at radius 2 is 1.82 bits per heavy atom. The average Bonchev–Trinajstić information content (AvgIpc) is 2.97. The van der Waals surface area contributed by atoms with Crippen molar-refractivity contribution in [3.8, 4) is 11.8 Å². The number of carbonyl (C=O) groups excluding carboxylic acids is 1. The van der Waals surface area contributed by atoms with Crippen molar-refractivity contribution in [3.63, 3.8) is 0 Å². The van der Waals surface area contributed by atoms with Gasteiger partial charge in [-0.25, -0.2) is 4.68 Å². The van der Waals surface area contributed by atoms with Crippen molar-refractivity contribution in [1.29, 1.82) is 5.26 Å². The Bertz CT molecular complexity index is 1000. The van der Waals surface area contributed by atoms with Gasteiger partial charge in [0.05, 0.1) is 41.3 Å². The zero-order valence-corrected chi connectivity index (χ0v) is 16.4. The summed E-state index contributed by atoms with van der Waals surface area (Å²) >= 11 is 0. The molecular formula is C22H24N5O+. The van der Waals surface area contributed by atoms with E-state index in [4.69, 9.17) is 5.26 Å². The first-order valence-electron chi connectivity index (χ1n) is 9.19. The van der Waals surface area contributed by atoms with E-state index in [1.807, 2.05) is 49.0 Å². The van der Waals surface area contributed by atoms with E-state index in [2.05, 4.69) is 23.4 Å². The van der Waals surface area contributed by atoms with Crippen LogP contribution in [0.15, 0.2) is 54.6 Å². The highest BCUT2D eigenvalue weighted by Gasteiger charge is 2.18. The zero-order valence-electron chi connectivity index (χ0n) is 16.4. The molecule has 0 aliphatic rings. The predicted molar refractivity (Wildman–Crippen MR) is 108 cm³/mol. The summed E-state index contributed by atoms with van der Waals surface area (Å²) in [5.74, 6) is -0.0621. The molecule has 2 aromatic carbocycles. The van der Waals surface area contributed by atoms with E-state index in [9.17, 15) is 4.79 Å². The number of hydrogen-bond donors (Lipinski definition) is 2. The number of carbonyl (C=O) groups is 1. The van der Waals surface area contributed by atoms with Crippen LogP contribution in [0.1, 0.15) is 22.5 Å². The van der Waals surface area contributed by atoms with Crippen LogP contribution in [0.3, 0.4) is 0 Å². The number of aryl methyl sites for hydroxylation is 1. The number of nitrogens with zero attached hydrogens (tertiary/aromatic N) is 3. The number of anilines is 1. The third-order valence-electron chi connectivity index (χ3n) is 4.68. The van der Waals surface area contributed by atoms with Gasteiger partial charge in [-0.1, -0.05) is 18.2 Å². The summed E-state index contributed by atoms with van der Waals surface area (Å²) in [5, 5.41) is 16.4. The topological polar surface area (TPSA) is 75.2 Å². The van der Waals surface area contributed by atoms with Crippen molar-refractivity contribution in [2.24, 2.45) is 0 Å². The normalized spacial score (nSPS) is 11.6. The van der Waals surface area contributed by atoms with Crippen LogP contribution in [0.4, 0.5) is 5.69 Å². The molecule has 0 aliphatic heterocycles. The summed E-state index contributed by atoms with van der Waals surface area (Å²) in [6.45, 7) is 5.12. The number of likely N-dealkylation sites (N-methyl/N-ethyl adjacent to an activating group) is 1. The molecule has 1 atom stereocenters. The van der Waals surface area contributed by atoms with Gasteiger partial charge in [0.15, 0.2) is 6.54 Å². The fourth-order valence-corrected chi connectivity index (χ4v) is 3.22. The fourth-order valence-electron chi connectivity index (χ4n) is 3.22. The van der Waals surface area contributed by atoms with Crippen LogP contribution in [0, 0.1) is 25.2 Å². The van der Waals surface area contributed by atoms with Gasteiger partial charge >= 0.3 is 0 Å². The van der Waals surface area contributed by atoms with Crippen LogP contribution in [0.25, 0.3) is 5.69 Å². The molecule has 0 saturated heterocycles. The molecular weight excluding hydrogens is 350 g/mol. The molecule has 6 heteroatoms. The summed E-state index contributed by atoms with van der Waals surface area (Å²) in [7, 11) is 2.00. The van der Waals surface area contributed by atoms with Gasteiger partial charge in [0.2, 0.25) is 0 Å². The lowest BCUT2D eigenvalue weighted by Gasteiger charge is -2.14. The second-order valence-electron chi connectivity index (χ2n) is 6.94. The Kier molecular flexibility index (Phi) is 5.87. The van der Waals surface area contributed by atoms with Crippen molar-refractivity contribution in [3.05, 3.63) is 77.1 Å². The lowest BCUT2D eigenvalue weighted by molar-refractivity contribution is -0.885. The largest absolute Gasteiger partial charge is 0.326 e. The highest BCUT2D eigenvalue weighted by atomic mass is 16.2. The van der Waals surface area contributed by atoms with Gasteiger partial charge in [0.25, 0.3) is 5.91 Å². The highest BCUT2D eigenvalue weighted by Crippen LogP contribution is 2.17. The molecule has 1 unspecified atom stereocenters. The van der Waals surface area contributed by atoms with Crippen molar-refractivity contribution in [2.75, 3.05) is 18.9 Å². The lowest BCUT2D eigenvalue weighted by Crippen LogP contribution is -3.08. The summed E-state index contributed by atoms with van der Waals surface area (Å²) in [5.41, 5.74) is 5.53. The van der Waals surface area contributed by atoms with E-state index >= 15 is 0 Å². The van der Waals surface area contributed by atoms with Crippen LogP contribution in [0.2, 0.25) is 0 Å². The molecule has 6 nitrogen and oxygen atoms in total. The first kappa shape index (κ1) is 19.3. The third kappa shape index (κ3) is 4.45. The fraction of sp³-hybridized carbons (Fsp3) is 0.227. The lowest BCUT2D eigenvalue weighted by atomic mass is 10.2. The Balaban J connectivity index is 1.64.